The van der Waals surface area contributed by atoms with E-state index in [1.807, 2.05) is 13.8 Å². The normalized spacial score (nSPS) is 11.7. The van der Waals surface area contributed by atoms with E-state index in [0.717, 1.165) is 0 Å². The van der Waals surface area contributed by atoms with Crippen LogP contribution in [-0.4, -0.2) is 49.7 Å². The van der Waals surface area contributed by atoms with E-state index in [2.05, 4.69) is 0 Å². The minimum atomic E-state index is -3.69. The summed E-state index contributed by atoms with van der Waals surface area (Å²) in [5.41, 5.74) is 0. The van der Waals surface area contributed by atoms with E-state index in [-0.39, 0.29) is 23.9 Å². The first-order valence-electron chi connectivity index (χ1n) is 6.90. The molecule has 1 aromatic rings. The van der Waals surface area contributed by atoms with Gasteiger partial charge in [-0.15, -0.1) is 0 Å². The Bertz CT molecular complexity index is 568. The number of hydrogen-bond donors (Lipinski definition) is 0. The standard InChI is InChI=1S/C14H21ClN2O3S/c1-4-16(5-2)14(18)11-17(6-3)21(19,20)13-9-7-12(15)8-10-13/h7-10H,4-6,11H2,1-3H3. The number of hydrogen-bond acceptors (Lipinski definition) is 3. The molecule has 1 amide bonds. The number of amides is 1. The molecule has 0 atom stereocenters. The summed E-state index contributed by atoms with van der Waals surface area (Å²) in [4.78, 5) is 13.9. The zero-order valence-electron chi connectivity index (χ0n) is 12.5. The van der Waals surface area contributed by atoms with Crippen molar-refractivity contribution in [2.24, 2.45) is 0 Å². The van der Waals surface area contributed by atoms with Gasteiger partial charge >= 0.3 is 0 Å². The van der Waals surface area contributed by atoms with Gasteiger partial charge in [0.25, 0.3) is 0 Å². The quantitative estimate of drug-likeness (QED) is 0.769. The molecule has 0 radical (unpaired) electrons. The van der Waals surface area contributed by atoms with Crippen molar-refractivity contribution in [3.05, 3.63) is 29.3 Å². The molecule has 0 bridgehead atoms. The van der Waals surface area contributed by atoms with E-state index in [4.69, 9.17) is 11.6 Å². The van der Waals surface area contributed by atoms with E-state index in [0.29, 0.717) is 18.1 Å². The predicted molar refractivity (Wildman–Crippen MR) is 83.8 cm³/mol. The van der Waals surface area contributed by atoms with Crippen LogP contribution in [0.5, 0.6) is 0 Å². The van der Waals surface area contributed by atoms with Crippen LogP contribution in [0.2, 0.25) is 5.02 Å². The van der Waals surface area contributed by atoms with Gasteiger partial charge in [-0.05, 0) is 38.1 Å². The average molecular weight is 333 g/mol. The highest BCUT2D eigenvalue weighted by Gasteiger charge is 2.26. The Balaban J connectivity index is 2.98. The topological polar surface area (TPSA) is 57.7 Å². The van der Waals surface area contributed by atoms with Gasteiger partial charge in [0.15, 0.2) is 0 Å². The van der Waals surface area contributed by atoms with Crippen LogP contribution in [0.25, 0.3) is 0 Å². The molecule has 0 saturated heterocycles. The van der Waals surface area contributed by atoms with Crippen molar-refractivity contribution in [1.29, 1.82) is 0 Å². The molecule has 7 heteroatoms. The van der Waals surface area contributed by atoms with Crippen molar-refractivity contribution in [2.75, 3.05) is 26.2 Å². The Morgan fingerprint density at radius 2 is 1.57 bits per heavy atom. The third kappa shape index (κ3) is 4.43. The summed E-state index contributed by atoms with van der Waals surface area (Å²) in [6, 6.07) is 5.94. The first-order chi connectivity index (χ1) is 9.86. The molecule has 0 fully saturated rings. The van der Waals surface area contributed by atoms with Crippen molar-refractivity contribution in [2.45, 2.75) is 25.7 Å². The van der Waals surface area contributed by atoms with E-state index in [1.165, 1.54) is 28.6 Å². The van der Waals surface area contributed by atoms with Crippen LogP contribution in [0.4, 0.5) is 0 Å². The maximum atomic E-state index is 12.5. The Morgan fingerprint density at radius 1 is 1.05 bits per heavy atom. The molecule has 0 aliphatic heterocycles. The van der Waals surface area contributed by atoms with E-state index < -0.39 is 10.0 Å². The maximum Gasteiger partial charge on any atom is 0.243 e. The summed E-state index contributed by atoms with van der Waals surface area (Å²) in [6.07, 6.45) is 0. The molecule has 0 spiro atoms. The van der Waals surface area contributed by atoms with Crippen LogP contribution in [0, 0.1) is 0 Å². The van der Waals surface area contributed by atoms with Crippen molar-refractivity contribution >= 4 is 27.5 Å². The Kier molecular flexibility index (Phi) is 6.64. The van der Waals surface area contributed by atoms with Gasteiger partial charge in [-0.25, -0.2) is 8.42 Å². The largest absolute Gasteiger partial charge is 0.342 e. The van der Waals surface area contributed by atoms with E-state index in [9.17, 15) is 13.2 Å². The third-order valence-electron chi connectivity index (χ3n) is 3.23. The van der Waals surface area contributed by atoms with Gasteiger partial charge in [-0.3, -0.25) is 4.79 Å². The molecule has 1 rings (SSSR count). The predicted octanol–water partition coefficient (Wildman–Crippen LogP) is 2.22. The molecule has 21 heavy (non-hydrogen) atoms. The van der Waals surface area contributed by atoms with Crippen molar-refractivity contribution in [3.63, 3.8) is 0 Å². The number of rotatable bonds is 7. The van der Waals surface area contributed by atoms with Gasteiger partial charge in [-0.1, -0.05) is 18.5 Å². The van der Waals surface area contributed by atoms with Crippen molar-refractivity contribution in [3.8, 4) is 0 Å². The Labute approximate surface area is 131 Å². The molecular formula is C14H21ClN2O3S. The van der Waals surface area contributed by atoms with Crippen LogP contribution >= 0.6 is 11.6 Å². The number of sulfonamides is 1. The fraction of sp³-hybridized carbons (Fsp3) is 0.500. The van der Waals surface area contributed by atoms with E-state index >= 15 is 0 Å². The molecule has 0 saturated carbocycles. The monoisotopic (exact) mass is 332 g/mol. The molecule has 0 heterocycles. The fourth-order valence-electron chi connectivity index (χ4n) is 1.95. The van der Waals surface area contributed by atoms with Crippen molar-refractivity contribution in [1.82, 2.24) is 9.21 Å². The highest BCUT2D eigenvalue weighted by molar-refractivity contribution is 7.89. The van der Waals surface area contributed by atoms with Crippen LogP contribution in [0.3, 0.4) is 0 Å². The Hall–Kier alpha value is -1.11. The lowest BCUT2D eigenvalue weighted by Gasteiger charge is -2.24. The van der Waals surface area contributed by atoms with Gasteiger partial charge in [0, 0.05) is 24.7 Å². The number of benzene rings is 1. The van der Waals surface area contributed by atoms with Gasteiger partial charge in [-0.2, -0.15) is 4.31 Å². The number of likely N-dealkylation sites (N-methyl/N-ethyl adjacent to an activating group) is 2. The summed E-state index contributed by atoms with van der Waals surface area (Å²) < 4.78 is 26.2. The second-order valence-corrected chi connectivity index (χ2v) is 6.83. The van der Waals surface area contributed by atoms with Crippen LogP contribution in [0.15, 0.2) is 29.2 Å². The molecule has 0 aliphatic carbocycles. The van der Waals surface area contributed by atoms with Crippen LogP contribution < -0.4 is 0 Å². The first kappa shape index (κ1) is 17.9. The Morgan fingerprint density at radius 3 is 2.00 bits per heavy atom. The van der Waals surface area contributed by atoms with Gasteiger partial charge in [0.2, 0.25) is 15.9 Å². The average Bonchev–Trinajstić information content (AvgIpc) is 2.46. The first-order valence-corrected chi connectivity index (χ1v) is 8.72. The fourth-order valence-corrected chi connectivity index (χ4v) is 3.47. The highest BCUT2D eigenvalue weighted by Crippen LogP contribution is 2.18. The second kappa shape index (κ2) is 7.77. The molecule has 1 aromatic carbocycles. The maximum absolute atomic E-state index is 12.5. The number of carbonyl (C=O) groups excluding carboxylic acids is 1. The van der Waals surface area contributed by atoms with E-state index in [1.54, 1.807) is 11.8 Å². The summed E-state index contributed by atoms with van der Waals surface area (Å²) >= 11 is 5.77. The summed E-state index contributed by atoms with van der Waals surface area (Å²) in [6.45, 7) is 6.66. The van der Waals surface area contributed by atoms with Crippen molar-refractivity contribution < 1.29 is 13.2 Å². The zero-order valence-corrected chi connectivity index (χ0v) is 14.1. The second-order valence-electron chi connectivity index (χ2n) is 4.45. The zero-order chi connectivity index (χ0) is 16.0. The minimum Gasteiger partial charge on any atom is -0.342 e. The lowest BCUT2D eigenvalue weighted by Crippen LogP contribution is -2.42. The summed E-state index contributed by atoms with van der Waals surface area (Å²) in [7, 11) is -3.69. The molecule has 118 valence electrons. The highest BCUT2D eigenvalue weighted by atomic mass is 35.5. The lowest BCUT2D eigenvalue weighted by molar-refractivity contribution is -0.131. The molecular weight excluding hydrogens is 312 g/mol. The molecule has 5 nitrogen and oxygen atoms in total. The molecule has 0 aromatic heterocycles. The number of carbonyl (C=O) groups is 1. The van der Waals surface area contributed by atoms with Crippen LogP contribution in [0.1, 0.15) is 20.8 Å². The SMILES string of the molecule is CCN(CC)C(=O)CN(CC)S(=O)(=O)c1ccc(Cl)cc1. The smallest absolute Gasteiger partial charge is 0.243 e. The number of halogens is 1. The third-order valence-corrected chi connectivity index (χ3v) is 5.42. The van der Waals surface area contributed by atoms with Gasteiger partial charge in [0.1, 0.15) is 0 Å². The lowest BCUT2D eigenvalue weighted by atomic mass is 10.4. The number of nitrogens with zero attached hydrogens (tertiary/aromatic N) is 2. The van der Waals surface area contributed by atoms with Gasteiger partial charge in [0.05, 0.1) is 11.4 Å². The van der Waals surface area contributed by atoms with Crippen LogP contribution in [-0.2, 0) is 14.8 Å². The molecule has 0 aliphatic rings. The molecule has 0 unspecified atom stereocenters. The van der Waals surface area contributed by atoms with Gasteiger partial charge < -0.3 is 4.90 Å². The molecule has 0 N–H and O–H groups in total. The minimum absolute atomic E-state index is 0.140. The summed E-state index contributed by atoms with van der Waals surface area (Å²) in [5, 5.41) is 0.469. The summed E-state index contributed by atoms with van der Waals surface area (Å²) in [5.74, 6) is -0.195.